The maximum atomic E-state index is 16.0. The van der Waals surface area contributed by atoms with Crippen molar-refractivity contribution in [2.75, 3.05) is 0 Å². The van der Waals surface area contributed by atoms with E-state index in [4.69, 9.17) is 0 Å². The minimum Gasteiger partial charge on any atom is -0.207 e. The Morgan fingerprint density at radius 1 is 0.390 bits per heavy atom. The molecule has 0 amide bonds. The summed E-state index contributed by atoms with van der Waals surface area (Å²) in [4.78, 5) is 0. The molecule has 1 atom stereocenters. The molecule has 1 heterocycles. The normalized spacial score (nSPS) is 15.4. The fourth-order valence-electron chi connectivity index (χ4n) is 6.21. The fourth-order valence-corrected chi connectivity index (χ4v) is 12.0. The van der Waals surface area contributed by atoms with Crippen LogP contribution in [0.2, 0.25) is 0 Å². The van der Waals surface area contributed by atoms with Gasteiger partial charge in [-0.3, -0.25) is 0 Å². The lowest BCUT2D eigenvalue weighted by Gasteiger charge is -2.46. The van der Waals surface area contributed by atoms with Gasteiger partial charge in [-0.05, 0) is 43.0 Å². The Balaban J connectivity index is 1.96. The van der Waals surface area contributed by atoms with Crippen molar-refractivity contribution in [3.63, 3.8) is 0 Å². The van der Waals surface area contributed by atoms with Crippen LogP contribution in [0.1, 0.15) is 0 Å². The van der Waals surface area contributed by atoms with Gasteiger partial charge in [0.1, 0.15) is 17.5 Å². The van der Waals surface area contributed by atoms with Crippen molar-refractivity contribution in [2.24, 2.45) is 0 Å². The third-order valence-electron chi connectivity index (χ3n) is 7.79. The molecule has 0 saturated carbocycles. The summed E-state index contributed by atoms with van der Waals surface area (Å²) in [7, 11) is -3.79. The van der Waals surface area contributed by atoms with Gasteiger partial charge in [-0.2, -0.15) is 0 Å². The van der Waals surface area contributed by atoms with Crippen molar-refractivity contribution < 1.29 is 39.5 Å². The lowest BCUT2D eigenvalue weighted by molar-refractivity contribution is 0.384. The second-order valence-corrected chi connectivity index (χ2v) is 13.4. The Kier molecular flexibility index (Phi) is 6.49. The van der Waals surface area contributed by atoms with E-state index in [0.29, 0.717) is 10.6 Å². The monoisotopic (exact) mass is 588 g/mol. The Bertz CT molecular complexity index is 1780. The van der Waals surface area contributed by atoms with Crippen LogP contribution in [-0.2, 0) is 0 Å². The van der Waals surface area contributed by atoms with Crippen LogP contribution in [0, 0.1) is 52.4 Å². The first-order valence-corrected chi connectivity index (χ1v) is 14.3. The van der Waals surface area contributed by atoms with E-state index in [1.54, 1.807) is 60.7 Å². The number of benzene rings is 5. The van der Waals surface area contributed by atoms with E-state index >= 15 is 17.6 Å². The lowest BCUT2D eigenvalue weighted by Crippen LogP contribution is -2.60. The largest absolute Gasteiger partial charge is 0.233 e. The van der Waals surface area contributed by atoms with Crippen LogP contribution < -0.4 is 26.8 Å². The Morgan fingerprint density at radius 2 is 0.780 bits per heavy atom. The number of halogens is 9. The standard InChI is InChI=1S/C30H15BF9P/c32-22-19-17-13-7-8-14-18(17)41(15-9-3-1-4-10-15,16-11-5-2-6-12-16)31(20(19)23(33)27(37)26(22)36)21-24(34)28(38)30(40)29(39)25(21)35/h1-14,31H/t31-/m1/s1. The molecule has 5 aromatic rings. The molecule has 11 heteroatoms. The summed E-state index contributed by atoms with van der Waals surface area (Å²) in [5.74, 6) is -19.8. The van der Waals surface area contributed by atoms with Gasteiger partial charge < -0.3 is 0 Å². The molecule has 0 aromatic heterocycles. The summed E-state index contributed by atoms with van der Waals surface area (Å²) in [5.41, 5.74) is -3.29. The predicted octanol–water partition coefficient (Wildman–Crippen LogP) is 5.75. The predicted molar refractivity (Wildman–Crippen MR) is 143 cm³/mol. The molecule has 0 spiro atoms. The molecule has 6 rings (SSSR count). The second-order valence-electron chi connectivity index (χ2n) is 9.65. The number of hydrogen-bond acceptors (Lipinski definition) is 0. The molecule has 0 fully saturated rings. The Hall–Kier alpha value is -4.04. The van der Waals surface area contributed by atoms with E-state index < -0.39 is 82.4 Å². The summed E-state index contributed by atoms with van der Waals surface area (Å²) in [6.45, 7) is 0. The summed E-state index contributed by atoms with van der Waals surface area (Å²) < 4.78 is 137. The minimum atomic E-state index is -3.79. The van der Waals surface area contributed by atoms with E-state index in [0.717, 1.165) is 0 Å². The first kappa shape index (κ1) is 27.2. The van der Waals surface area contributed by atoms with Crippen molar-refractivity contribution in [3.8, 4) is 11.1 Å². The third kappa shape index (κ3) is 3.63. The summed E-state index contributed by atoms with van der Waals surface area (Å²) >= 11 is 0. The zero-order valence-corrected chi connectivity index (χ0v) is 21.5. The van der Waals surface area contributed by atoms with Crippen LogP contribution in [0.3, 0.4) is 0 Å². The molecule has 5 aromatic carbocycles. The molecule has 0 nitrogen and oxygen atoms in total. The van der Waals surface area contributed by atoms with E-state index in [1.165, 1.54) is 24.3 Å². The van der Waals surface area contributed by atoms with E-state index in [1.807, 2.05) is 0 Å². The Morgan fingerprint density at radius 3 is 1.29 bits per heavy atom. The van der Waals surface area contributed by atoms with Gasteiger partial charge in [-0.25, -0.2) is 39.5 Å². The molecule has 0 radical (unpaired) electrons. The highest BCUT2D eigenvalue weighted by Crippen LogP contribution is 2.62. The number of rotatable bonds is 3. The molecule has 0 saturated heterocycles. The molecular formula is C30H15BF9P. The number of fused-ring (bicyclic) bond motifs is 3. The van der Waals surface area contributed by atoms with Crippen molar-refractivity contribution in [1.82, 2.24) is 0 Å². The minimum absolute atomic E-state index is 0.0912. The average Bonchev–Trinajstić information content (AvgIpc) is 3.01. The van der Waals surface area contributed by atoms with Gasteiger partial charge in [0.15, 0.2) is 34.9 Å². The topological polar surface area (TPSA) is 0 Å². The highest BCUT2D eigenvalue weighted by atomic mass is 31.2. The molecule has 206 valence electrons. The van der Waals surface area contributed by atoms with Crippen LogP contribution >= 0.6 is 7.14 Å². The third-order valence-corrected chi connectivity index (χ3v) is 12.9. The maximum absolute atomic E-state index is 16.0. The first-order chi connectivity index (χ1) is 19.6. The van der Waals surface area contributed by atoms with Gasteiger partial charge in [-0.1, -0.05) is 60.1 Å². The smallest absolute Gasteiger partial charge is 0.207 e. The Labute approximate surface area is 228 Å². The van der Waals surface area contributed by atoms with E-state index in [-0.39, 0.29) is 10.9 Å². The number of hydrogen-bond donors (Lipinski definition) is 0. The molecule has 0 unspecified atom stereocenters. The zero-order valence-electron chi connectivity index (χ0n) is 20.6. The molecule has 0 aliphatic carbocycles. The van der Waals surface area contributed by atoms with Crippen LogP contribution in [-0.4, -0.2) is 6.43 Å². The molecule has 0 bridgehead atoms. The summed E-state index contributed by atoms with van der Waals surface area (Å²) in [6, 6.07) is 21.4. The SMILES string of the molecule is Fc1c(F)c(F)c([B@H-]2c3c(F)c(F)c(F)c(F)c3-c3ccccc3[P+]2(c2ccccc2)c2ccccc2)c(F)c1F. The summed E-state index contributed by atoms with van der Waals surface area (Å²) in [5, 5.41) is 0.814. The summed E-state index contributed by atoms with van der Waals surface area (Å²) in [6.07, 6.45) is -3.52. The van der Waals surface area contributed by atoms with Crippen LogP contribution in [0.15, 0.2) is 84.9 Å². The maximum Gasteiger partial charge on any atom is 0.233 e. The molecule has 1 aliphatic heterocycles. The van der Waals surface area contributed by atoms with Gasteiger partial charge in [-0.15, -0.1) is 5.46 Å². The van der Waals surface area contributed by atoms with Gasteiger partial charge >= 0.3 is 0 Å². The van der Waals surface area contributed by atoms with E-state index in [9.17, 15) is 22.0 Å². The molecule has 1 aliphatic rings. The van der Waals surface area contributed by atoms with Crippen LogP contribution in [0.5, 0.6) is 0 Å². The van der Waals surface area contributed by atoms with Gasteiger partial charge in [0, 0.05) is 5.56 Å². The van der Waals surface area contributed by atoms with Crippen molar-refractivity contribution in [1.29, 1.82) is 0 Å². The molecule has 0 N–H and O–H groups in total. The molecule has 41 heavy (non-hydrogen) atoms. The van der Waals surface area contributed by atoms with Crippen molar-refractivity contribution in [2.45, 2.75) is 0 Å². The van der Waals surface area contributed by atoms with Gasteiger partial charge in [0.05, 0.1) is 15.9 Å². The lowest BCUT2D eigenvalue weighted by atomic mass is 9.58. The quantitative estimate of drug-likeness (QED) is 0.0829. The average molecular weight is 588 g/mol. The highest BCUT2D eigenvalue weighted by molar-refractivity contribution is 8.21. The highest BCUT2D eigenvalue weighted by Gasteiger charge is 2.56. The first-order valence-electron chi connectivity index (χ1n) is 12.3. The molecular weight excluding hydrogens is 573 g/mol. The van der Waals surface area contributed by atoms with Gasteiger partial charge in [0.2, 0.25) is 6.43 Å². The fraction of sp³-hybridized carbons (Fsp3) is 0. The van der Waals surface area contributed by atoms with Crippen LogP contribution in [0.25, 0.3) is 11.1 Å². The van der Waals surface area contributed by atoms with Gasteiger partial charge in [0.25, 0.3) is 0 Å². The van der Waals surface area contributed by atoms with Crippen molar-refractivity contribution >= 4 is 40.4 Å². The van der Waals surface area contributed by atoms with E-state index in [2.05, 4.69) is 0 Å². The zero-order chi connectivity index (χ0) is 29.2. The van der Waals surface area contributed by atoms with Crippen LogP contribution in [0.4, 0.5) is 39.5 Å². The second kappa shape index (κ2) is 9.81. The van der Waals surface area contributed by atoms with Crippen molar-refractivity contribution in [3.05, 3.63) is 137 Å².